The molecular weight excluding hydrogens is 258 g/mol. The van der Waals surface area contributed by atoms with Crippen LogP contribution in [0.1, 0.15) is 22.3 Å². The number of hydrogen-bond donors (Lipinski definition) is 0. The number of hydrogen-bond acceptors (Lipinski definition) is 4. The summed E-state index contributed by atoms with van der Waals surface area (Å²) in [6.07, 6.45) is 2.42. The Hall–Kier alpha value is -2.01. The van der Waals surface area contributed by atoms with E-state index in [4.69, 9.17) is 0 Å². The smallest absolute Gasteiger partial charge is 0.272 e. The zero-order valence-corrected chi connectivity index (χ0v) is 11.6. The van der Waals surface area contributed by atoms with Gasteiger partial charge in [-0.2, -0.15) is 0 Å². The average molecular weight is 273 g/mol. The van der Waals surface area contributed by atoms with Crippen LogP contribution in [0.3, 0.4) is 0 Å². The Bertz CT molecular complexity index is 565. The van der Waals surface area contributed by atoms with Gasteiger partial charge in [-0.1, -0.05) is 35.7 Å². The molecule has 4 nitrogen and oxygen atoms in total. The topological polar surface area (TPSA) is 46.1 Å². The monoisotopic (exact) mass is 273 g/mol. The second-order valence-electron chi connectivity index (χ2n) is 3.94. The normalized spacial score (nSPS) is 10.2. The van der Waals surface area contributed by atoms with Crippen molar-refractivity contribution in [3.8, 4) is 0 Å². The van der Waals surface area contributed by atoms with E-state index in [0.717, 1.165) is 22.9 Å². The van der Waals surface area contributed by atoms with Crippen molar-refractivity contribution in [1.29, 1.82) is 0 Å². The molecule has 98 valence electrons. The molecule has 0 saturated heterocycles. The lowest BCUT2D eigenvalue weighted by Crippen LogP contribution is -2.31. The summed E-state index contributed by atoms with van der Waals surface area (Å²) < 4.78 is 3.87. The highest BCUT2D eigenvalue weighted by Crippen LogP contribution is 2.20. The molecule has 1 amide bonds. The fraction of sp³-hybridized carbons (Fsp3) is 0.214. The van der Waals surface area contributed by atoms with Crippen LogP contribution in [0.4, 0.5) is 5.69 Å². The molecule has 0 spiro atoms. The second-order valence-corrected chi connectivity index (χ2v) is 4.70. The van der Waals surface area contributed by atoms with Gasteiger partial charge in [0.2, 0.25) is 0 Å². The first-order valence-corrected chi connectivity index (χ1v) is 6.84. The number of amides is 1. The van der Waals surface area contributed by atoms with E-state index in [1.807, 2.05) is 37.3 Å². The van der Waals surface area contributed by atoms with Crippen molar-refractivity contribution in [3.05, 3.63) is 53.6 Å². The van der Waals surface area contributed by atoms with Gasteiger partial charge in [0.15, 0.2) is 0 Å². The Balaban J connectivity index is 2.35. The van der Waals surface area contributed by atoms with Crippen LogP contribution in [0.5, 0.6) is 0 Å². The molecule has 19 heavy (non-hydrogen) atoms. The number of anilines is 1. The first kappa shape index (κ1) is 13.4. The van der Waals surface area contributed by atoms with Gasteiger partial charge in [0.05, 0.1) is 5.69 Å². The minimum absolute atomic E-state index is 0.0713. The van der Waals surface area contributed by atoms with Gasteiger partial charge in [-0.05, 0) is 30.1 Å². The number of carbonyl (C=O) groups excluding carboxylic acids is 1. The molecule has 0 bridgehead atoms. The van der Waals surface area contributed by atoms with Gasteiger partial charge in [-0.25, -0.2) is 0 Å². The lowest BCUT2D eigenvalue weighted by atomic mass is 10.2. The van der Waals surface area contributed by atoms with E-state index in [9.17, 15) is 4.79 Å². The van der Waals surface area contributed by atoms with Crippen molar-refractivity contribution in [2.24, 2.45) is 0 Å². The standard InChI is InChI=1S/C14H15N3OS/c1-3-10-17(11-8-6-5-7-9-11)14(18)13-12(4-2)15-16-19-13/h3,5-9H,1,4,10H2,2H3. The average Bonchev–Trinajstić information content (AvgIpc) is 2.93. The van der Waals surface area contributed by atoms with Gasteiger partial charge in [0.25, 0.3) is 5.91 Å². The van der Waals surface area contributed by atoms with E-state index < -0.39 is 0 Å². The number of rotatable bonds is 5. The van der Waals surface area contributed by atoms with Crippen LogP contribution in [0, 0.1) is 0 Å². The molecule has 0 radical (unpaired) electrons. The maximum absolute atomic E-state index is 12.6. The Morgan fingerprint density at radius 2 is 2.16 bits per heavy atom. The van der Waals surface area contributed by atoms with E-state index in [0.29, 0.717) is 17.8 Å². The SMILES string of the molecule is C=CCN(C(=O)c1snnc1CC)c1ccccc1. The van der Waals surface area contributed by atoms with Gasteiger partial charge in [-0.3, -0.25) is 4.79 Å². The van der Waals surface area contributed by atoms with Gasteiger partial charge >= 0.3 is 0 Å². The third-order valence-electron chi connectivity index (χ3n) is 2.71. The number of para-hydroxylation sites is 1. The lowest BCUT2D eigenvalue weighted by Gasteiger charge is -2.20. The highest BCUT2D eigenvalue weighted by Gasteiger charge is 2.21. The van der Waals surface area contributed by atoms with Gasteiger partial charge in [0.1, 0.15) is 4.88 Å². The molecule has 0 aliphatic heterocycles. The molecule has 0 unspecified atom stereocenters. The highest BCUT2D eigenvalue weighted by molar-refractivity contribution is 7.08. The largest absolute Gasteiger partial charge is 0.304 e. The predicted molar refractivity (Wildman–Crippen MR) is 77.6 cm³/mol. The number of aromatic nitrogens is 2. The van der Waals surface area contributed by atoms with Crippen LogP contribution >= 0.6 is 11.5 Å². The fourth-order valence-electron chi connectivity index (χ4n) is 1.77. The third-order valence-corrected chi connectivity index (χ3v) is 3.47. The maximum Gasteiger partial charge on any atom is 0.272 e. The molecule has 1 aromatic carbocycles. The van der Waals surface area contributed by atoms with E-state index in [-0.39, 0.29) is 5.91 Å². The van der Waals surface area contributed by atoms with Gasteiger partial charge < -0.3 is 4.90 Å². The van der Waals surface area contributed by atoms with Crippen molar-refractivity contribution >= 4 is 23.1 Å². The zero-order valence-electron chi connectivity index (χ0n) is 10.7. The van der Waals surface area contributed by atoms with E-state index in [1.54, 1.807) is 11.0 Å². The third kappa shape index (κ3) is 2.88. The minimum atomic E-state index is -0.0713. The molecule has 0 atom stereocenters. The van der Waals surface area contributed by atoms with Crippen LogP contribution < -0.4 is 4.90 Å². The molecular formula is C14H15N3OS. The summed E-state index contributed by atoms with van der Waals surface area (Å²) in [5, 5.41) is 3.99. The molecule has 1 heterocycles. The Kier molecular flexibility index (Phi) is 4.41. The molecule has 5 heteroatoms. The van der Waals surface area contributed by atoms with Crippen molar-refractivity contribution in [3.63, 3.8) is 0 Å². The molecule has 0 aliphatic rings. The predicted octanol–water partition coefficient (Wildman–Crippen LogP) is 2.93. The summed E-state index contributed by atoms with van der Waals surface area (Å²) in [6.45, 7) is 6.14. The summed E-state index contributed by atoms with van der Waals surface area (Å²) in [5.41, 5.74) is 1.60. The van der Waals surface area contributed by atoms with Crippen LogP contribution in [0.25, 0.3) is 0 Å². The van der Waals surface area contributed by atoms with Crippen LogP contribution in [0.15, 0.2) is 43.0 Å². The number of carbonyl (C=O) groups is 1. The number of benzene rings is 1. The number of nitrogens with zero attached hydrogens (tertiary/aromatic N) is 3. The molecule has 0 N–H and O–H groups in total. The first-order chi connectivity index (χ1) is 9.27. The Morgan fingerprint density at radius 3 is 2.79 bits per heavy atom. The highest BCUT2D eigenvalue weighted by atomic mass is 32.1. The van der Waals surface area contributed by atoms with Crippen LogP contribution in [0.2, 0.25) is 0 Å². The summed E-state index contributed by atoms with van der Waals surface area (Å²) in [6, 6.07) is 9.55. The Morgan fingerprint density at radius 1 is 1.42 bits per heavy atom. The van der Waals surface area contributed by atoms with Crippen molar-refractivity contribution in [1.82, 2.24) is 9.59 Å². The molecule has 0 fully saturated rings. The van der Waals surface area contributed by atoms with Crippen LogP contribution in [-0.4, -0.2) is 22.0 Å². The minimum Gasteiger partial charge on any atom is -0.304 e. The van der Waals surface area contributed by atoms with E-state index >= 15 is 0 Å². The maximum atomic E-state index is 12.6. The molecule has 0 aliphatic carbocycles. The lowest BCUT2D eigenvalue weighted by molar-refractivity contribution is 0.0992. The van der Waals surface area contributed by atoms with Gasteiger partial charge in [0, 0.05) is 12.2 Å². The van der Waals surface area contributed by atoms with E-state index in [2.05, 4.69) is 16.2 Å². The van der Waals surface area contributed by atoms with Crippen molar-refractivity contribution < 1.29 is 4.79 Å². The molecule has 1 aromatic heterocycles. The Labute approximate surface area is 116 Å². The van der Waals surface area contributed by atoms with E-state index in [1.165, 1.54) is 0 Å². The summed E-state index contributed by atoms with van der Waals surface area (Å²) in [4.78, 5) is 14.9. The molecule has 0 saturated carbocycles. The van der Waals surface area contributed by atoms with Gasteiger partial charge in [-0.15, -0.1) is 11.7 Å². The quantitative estimate of drug-likeness (QED) is 0.787. The molecule has 2 rings (SSSR count). The number of aryl methyl sites for hydroxylation is 1. The van der Waals surface area contributed by atoms with Crippen LogP contribution in [-0.2, 0) is 6.42 Å². The fourth-order valence-corrected chi connectivity index (χ4v) is 2.47. The van der Waals surface area contributed by atoms with Crippen molar-refractivity contribution in [2.45, 2.75) is 13.3 Å². The van der Waals surface area contributed by atoms with Crippen molar-refractivity contribution in [2.75, 3.05) is 11.4 Å². The molecule has 2 aromatic rings. The first-order valence-electron chi connectivity index (χ1n) is 6.07. The summed E-state index contributed by atoms with van der Waals surface area (Å²) in [7, 11) is 0. The zero-order chi connectivity index (χ0) is 13.7. The summed E-state index contributed by atoms with van der Waals surface area (Å²) in [5.74, 6) is -0.0713. The summed E-state index contributed by atoms with van der Waals surface area (Å²) >= 11 is 1.14. The second kappa shape index (κ2) is 6.24.